The molecule has 0 bridgehead atoms. The zero-order valence-corrected chi connectivity index (χ0v) is 11.7. The van der Waals surface area contributed by atoms with E-state index in [4.69, 9.17) is 16.3 Å². The second-order valence-corrected chi connectivity index (χ2v) is 5.89. The van der Waals surface area contributed by atoms with Crippen LogP contribution in [0.15, 0.2) is 12.4 Å². The van der Waals surface area contributed by atoms with Gasteiger partial charge in [0.15, 0.2) is 0 Å². The molecule has 0 aliphatic carbocycles. The normalized spacial score (nSPS) is 20.6. The first-order chi connectivity index (χ1) is 8.79. The van der Waals surface area contributed by atoms with E-state index in [-0.39, 0.29) is 6.04 Å². The standard InChI is InChI=1S/C12H14ClN3OS/c1-8-4-10-11(14-7-15-12(10)18-8)16-2-3-17-6-9(16)5-13/h4,7,9H,2-3,5-6H2,1H3. The van der Waals surface area contributed by atoms with Crippen LogP contribution in [0.25, 0.3) is 10.2 Å². The summed E-state index contributed by atoms with van der Waals surface area (Å²) < 4.78 is 5.48. The molecule has 0 aromatic carbocycles. The van der Waals surface area contributed by atoms with Crippen molar-refractivity contribution in [1.82, 2.24) is 9.97 Å². The lowest BCUT2D eigenvalue weighted by Crippen LogP contribution is -2.47. The molecule has 0 saturated carbocycles. The average Bonchev–Trinajstić information content (AvgIpc) is 2.78. The second-order valence-electron chi connectivity index (χ2n) is 4.35. The van der Waals surface area contributed by atoms with Crippen molar-refractivity contribution in [3.05, 3.63) is 17.3 Å². The summed E-state index contributed by atoms with van der Waals surface area (Å²) in [5, 5.41) is 1.12. The molecule has 0 N–H and O–H groups in total. The van der Waals surface area contributed by atoms with E-state index in [2.05, 4.69) is 27.9 Å². The molecule has 2 aromatic rings. The molecule has 18 heavy (non-hydrogen) atoms. The van der Waals surface area contributed by atoms with Crippen LogP contribution in [-0.2, 0) is 4.74 Å². The van der Waals surface area contributed by atoms with Crippen LogP contribution in [0, 0.1) is 6.92 Å². The molecule has 2 aromatic heterocycles. The highest BCUT2D eigenvalue weighted by molar-refractivity contribution is 7.18. The van der Waals surface area contributed by atoms with E-state index in [0.717, 1.165) is 29.2 Å². The first-order valence-electron chi connectivity index (χ1n) is 5.91. The Bertz CT molecular complexity index is 559. The predicted molar refractivity (Wildman–Crippen MR) is 74.8 cm³/mol. The van der Waals surface area contributed by atoms with Gasteiger partial charge in [-0.3, -0.25) is 0 Å². The molecule has 96 valence electrons. The van der Waals surface area contributed by atoms with Gasteiger partial charge in [-0.1, -0.05) is 0 Å². The average molecular weight is 284 g/mol. The van der Waals surface area contributed by atoms with Crippen LogP contribution in [0.3, 0.4) is 0 Å². The number of halogens is 1. The number of aromatic nitrogens is 2. The number of rotatable bonds is 2. The third kappa shape index (κ3) is 2.06. The molecular weight excluding hydrogens is 270 g/mol. The van der Waals surface area contributed by atoms with Crippen LogP contribution in [0.5, 0.6) is 0 Å². The Hall–Kier alpha value is -0.910. The van der Waals surface area contributed by atoms with Gasteiger partial charge in [0.2, 0.25) is 0 Å². The van der Waals surface area contributed by atoms with E-state index in [9.17, 15) is 0 Å². The van der Waals surface area contributed by atoms with Crippen LogP contribution < -0.4 is 4.90 Å². The van der Waals surface area contributed by atoms with Crippen LogP contribution in [0.4, 0.5) is 5.82 Å². The van der Waals surface area contributed by atoms with Crippen molar-refractivity contribution >= 4 is 39.0 Å². The number of alkyl halides is 1. The van der Waals surface area contributed by atoms with Gasteiger partial charge in [0.05, 0.1) is 24.6 Å². The summed E-state index contributed by atoms with van der Waals surface area (Å²) in [6, 6.07) is 2.34. The Kier molecular flexibility index (Phi) is 3.37. The highest BCUT2D eigenvalue weighted by Crippen LogP contribution is 2.31. The van der Waals surface area contributed by atoms with Gasteiger partial charge in [-0.15, -0.1) is 22.9 Å². The smallest absolute Gasteiger partial charge is 0.141 e. The molecule has 4 nitrogen and oxygen atoms in total. The van der Waals surface area contributed by atoms with Gasteiger partial charge in [-0.25, -0.2) is 9.97 Å². The molecule has 3 heterocycles. The third-order valence-corrected chi connectivity index (χ3v) is 4.42. The van der Waals surface area contributed by atoms with E-state index in [1.54, 1.807) is 17.7 Å². The molecule has 1 aliphatic rings. The minimum Gasteiger partial charge on any atom is -0.377 e. The van der Waals surface area contributed by atoms with Gasteiger partial charge in [-0.05, 0) is 13.0 Å². The Labute approximate surface area is 115 Å². The van der Waals surface area contributed by atoms with E-state index in [0.29, 0.717) is 12.5 Å². The number of aryl methyl sites for hydroxylation is 1. The Balaban J connectivity index is 2.06. The lowest BCUT2D eigenvalue weighted by molar-refractivity contribution is 0.0995. The molecule has 1 unspecified atom stereocenters. The summed E-state index contributed by atoms with van der Waals surface area (Å²) in [5.74, 6) is 1.53. The number of ether oxygens (including phenoxy) is 1. The number of thiophene rings is 1. The van der Waals surface area contributed by atoms with Crippen molar-refractivity contribution in [2.45, 2.75) is 13.0 Å². The van der Waals surface area contributed by atoms with E-state index < -0.39 is 0 Å². The predicted octanol–water partition coefficient (Wildman–Crippen LogP) is 2.44. The topological polar surface area (TPSA) is 38.2 Å². The molecule has 1 saturated heterocycles. The molecule has 0 spiro atoms. The zero-order chi connectivity index (χ0) is 12.5. The number of hydrogen-bond donors (Lipinski definition) is 0. The van der Waals surface area contributed by atoms with Gasteiger partial charge in [0.1, 0.15) is 17.0 Å². The van der Waals surface area contributed by atoms with Gasteiger partial charge >= 0.3 is 0 Å². The Morgan fingerprint density at radius 2 is 2.44 bits per heavy atom. The second kappa shape index (κ2) is 4.99. The highest BCUT2D eigenvalue weighted by atomic mass is 35.5. The van der Waals surface area contributed by atoms with Crippen molar-refractivity contribution in [3.63, 3.8) is 0 Å². The molecular formula is C12H14ClN3OS. The van der Waals surface area contributed by atoms with Gasteiger partial charge in [0.25, 0.3) is 0 Å². The molecule has 3 rings (SSSR count). The van der Waals surface area contributed by atoms with Crippen LogP contribution in [0.2, 0.25) is 0 Å². The van der Waals surface area contributed by atoms with Gasteiger partial charge in [-0.2, -0.15) is 0 Å². The summed E-state index contributed by atoms with van der Waals surface area (Å²) >= 11 is 7.72. The summed E-state index contributed by atoms with van der Waals surface area (Å²) in [6.45, 7) is 4.31. The monoisotopic (exact) mass is 283 g/mol. The van der Waals surface area contributed by atoms with E-state index >= 15 is 0 Å². The maximum atomic E-state index is 6.02. The van der Waals surface area contributed by atoms with Gasteiger partial charge in [0, 0.05) is 17.3 Å². The van der Waals surface area contributed by atoms with Crippen molar-refractivity contribution < 1.29 is 4.74 Å². The number of nitrogens with zero attached hydrogens (tertiary/aromatic N) is 3. The SMILES string of the molecule is Cc1cc2c(N3CCOCC3CCl)ncnc2s1. The number of hydrogen-bond acceptors (Lipinski definition) is 5. The zero-order valence-electron chi connectivity index (χ0n) is 10.1. The highest BCUT2D eigenvalue weighted by Gasteiger charge is 2.25. The minimum absolute atomic E-state index is 0.193. The van der Waals surface area contributed by atoms with Crippen LogP contribution in [-0.4, -0.2) is 41.6 Å². The summed E-state index contributed by atoms with van der Waals surface area (Å²) in [4.78, 5) is 13.3. The molecule has 0 amide bonds. The Morgan fingerprint density at radius 3 is 3.28 bits per heavy atom. The summed E-state index contributed by atoms with van der Waals surface area (Å²) in [6.07, 6.45) is 1.63. The first-order valence-corrected chi connectivity index (χ1v) is 7.26. The van der Waals surface area contributed by atoms with Crippen LogP contribution >= 0.6 is 22.9 Å². The molecule has 6 heteroatoms. The fraction of sp³-hybridized carbons (Fsp3) is 0.500. The fourth-order valence-corrected chi connectivity index (χ4v) is 3.35. The quantitative estimate of drug-likeness (QED) is 0.794. The largest absolute Gasteiger partial charge is 0.377 e. The number of fused-ring (bicyclic) bond motifs is 1. The molecule has 1 fully saturated rings. The lowest BCUT2D eigenvalue weighted by Gasteiger charge is -2.35. The number of anilines is 1. The molecule has 0 radical (unpaired) electrons. The lowest BCUT2D eigenvalue weighted by atomic mass is 10.2. The number of morpholine rings is 1. The van der Waals surface area contributed by atoms with E-state index in [1.165, 1.54) is 4.88 Å². The maximum absolute atomic E-state index is 6.02. The van der Waals surface area contributed by atoms with Crippen molar-refractivity contribution in [1.29, 1.82) is 0 Å². The van der Waals surface area contributed by atoms with Crippen LogP contribution in [0.1, 0.15) is 4.88 Å². The Morgan fingerprint density at radius 1 is 1.56 bits per heavy atom. The van der Waals surface area contributed by atoms with Gasteiger partial charge < -0.3 is 9.64 Å². The maximum Gasteiger partial charge on any atom is 0.141 e. The minimum atomic E-state index is 0.193. The van der Waals surface area contributed by atoms with Crippen molar-refractivity contribution in [2.24, 2.45) is 0 Å². The van der Waals surface area contributed by atoms with E-state index in [1.807, 2.05) is 0 Å². The first kappa shape index (κ1) is 12.1. The fourth-order valence-electron chi connectivity index (χ4n) is 2.25. The molecule has 1 atom stereocenters. The van der Waals surface area contributed by atoms with Crippen molar-refractivity contribution in [3.8, 4) is 0 Å². The van der Waals surface area contributed by atoms with Crippen molar-refractivity contribution in [2.75, 3.05) is 30.5 Å². The molecule has 1 aliphatic heterocycles. The summed E-state index contributed by atoms with van der Waals surface area (Å²) in [5.41, 5.74) is 0. The summed E-state index contributed by atoms with van der Waals surface area (Å²) in [7, 11) is 0. The third-order valence-electron chi connectivity index (χ3n) is 3.11.